The number of carbonyl (C=O) groups is 2. The van der Waals surface area contributed by atoms with Crippen molar-refractivity contribution in [1.29, 1.82) is 0 Å². The van der Waals surface area contributed by atoms with Crippen LogP contribution in [0.2, 0.25) is 0 Å². The predicted octanol–water partition coefficient (Wildman–Crippen LogP) is 1.37. The van der Waals surface area contributed by atoms with Gasteiger partial charge in [-0.1, -0.05) is 0 Å². The lowest BCUT2D eigenvalue weighted by atomic mass is 10.1. The summed E-state index contributed by atoms with van der Waals surface area (Å²) in [7, 11) is 0. The maximum atomic E-state index is 13.2. The van der Waals surface area contributed by atoms with Crippen LogP contribution in [0.5, 0.6) is 0 Å². The zero-order chi connectivity index (χ0) is 12.6. The second kappa shape index (κ2) is 4.16. The zero-order valence-corrected chi connectivity index (χ0v) is 9.66. The van der Waals surface area contributed by atoms with Crippen molar-refractivity contribution in [3.05, 3.63) is 29.6 Å². The molecule has 0 aromatic heterocycles. The Morgan fingerprint density at radius 2 is 2.24 bits per heavy atom. The Hall–Kier alpha value is -1.91. The lowest BCUT2D eigenvalue weighted by molar-refractivity contribution is -0.126. The third-order valence-corrected chi connectivity index (χ3v) is 2.77. The fraction of sp³-hybridized carbons (Fsp3) is 0.333. The molecule has 2 amide bonds. The number of hydrogen-bond donors (Lipinski definition) is 1. The number of fused-ring (bicyclic) bond motifs is 1. The largest absolute Gasteiger partial charge is 0.341 e. The maximum absolute atomic E-state index is 13.2. The molecule has 0 saturated heterocycles. The number of rotatable bonds is 2. The number of likely N-dealkylation sites (N-methyl/N-ethyl adjacent to an activating group) is 1. The molecule has 17 heavy (non-hydrogen) atoms. The first-order valence-corrected chi connectivity index (χ1v) is 5.42. The molecule has 0 spiro atoms. The summed E-state index contributed by atoms with van der Waals surface area (Å²) in [6.45, 7) is 3.66. The average molecular weight is 236 g/mol. The molecule has 4 nitrogen and oxygen atoms in total. The van der Waals surface area contributed by atoms with Gasteiger partial charge >= 0.3 is 0 Å². The number of hydrogen-bond acceptors (Lipinski definition) is 2. The Balaban J connectivity index is 2.47. The van der Waals surface area contributed by atoms with E-state index in [1.165, 1.54) is 24.0 Å². The molecular formula is C12H13FN2O2. The van der Waals surface area contributed by atoms with E-state index in [1.807, 2.05) is 6.92 Å². The van der Waals surface area contributed by atoms with Crippen molar-refractivity contribution in [2.24, 2.45) is 0 Å². The van der Waals surface area contributed by atoms with Gasteiger partial charge in [-0.2, -0.15) is 0 Å². The molecular weight excluding hydrogens is 223 g/mol. The van der Waals surface area contributed by atoms with E-state index in [-0.39, 0.29) is 11.8 Å². The summed E-state index contributed by atoms with van der Waals surface area (Å²) in [6, 6.07) is 3.40. The van der Waals surface area contributed by atoms with Gasteiger partial charge < -0.3 is 10.2 Å². The van der Waals surface area contributed by atoms with Gasteiger partial charge in [-0.15, -0.1) is 0 Å². The van der Waals surface area contributed by atoms with E-state index < -0.39 is 11.9 Å². The van der Waals surface area contributed by atoms with E-state index in [0.717, 1.165) is 0 Å². The smallest absolute Gasteiger partial charge is 0.254 e. The first-order chi connectivity index (χ1) is 8.04. The SMILES string of the molecule is CCN1C(=O)C(NC(C)=O)c2cc(F)ccc21. The van der Waals surface area contributed by atoms with E-state index in [4.69, 9.17) is 0 Å². The molecule has 0 bridgehead atoms. The van der Waals surface area contributed by atoms with E-state index in [1.54, 1.807) is 6.07 Å². The molecule has 1 aromatic rings. The van der Waals surface area contributed by atoms with Gasteiger partial charge in [0.1, 0.15) is 11.9 Å². The topological polar surface area (TPSA) is 49.4 Å². The van der Waals surface area contributed by atoms with Crippen molar-refractivity contribution < 1.29 is 14.0 Å². The van der Waals surface area contributed by atoms with Gasteiger partial charge in [-0.25, -0.2) is 4.39 Å². The number of amides is 2. The average Bonchev–Trinajstić information content (AvgIpc) is 2.51. The van der Waals surface area contributed by atoms with Gasteiger partial charge in [0.05, 0.1) is 0 Å². The Morgan fingerprint density at radius 1 is 1.53 bits per heavy atom. The fourth-order valence-corrected chi connectivity index (χ4v) is 2.08. The summed E-state index contributed by atoms with van der Waals surface area (Å²) in [5.41, 5.74) is 1.18. The highest BCUT2D eigenvalue weighted by Gasteiger charge is 2.37. The highest BCUT2D eigenvalue weighted by Crippen LogP contribution is 2.35. The number of anilines is 1. The molecule has 1 aliphatic heterocycles. The van der Waals surface area contributed by atoms with E-state index >= 15 is 0 Å². The number of benzene rings is 1. The van der Waals surface area contributed by atoms with Crippen LogP contribution in [-0.4, -0.2) is 18.4 Å². The van der Waals surface area contributed by atoms with Gasteiger partial charge in [0.2, 0.25) is 5.91 Å². The molecule has 0 saturated carbocycles. The summed E-state index contributed by atoms with van der Waals surface area (Å²) < 4.78 is 13.2. The minimum atomic E-state index is -0.766. The summed E-state index contributed by atoms with van der Waals surface area (Å²) >= 11 is 0. The van der Waals surface area contributed by atoms with Crippen molar-refractivity contribution in [2.45, 2.75) is 19.9 Å². The second-order valence-electron chi connectivity index (χ2n) is 3.92. The van der Waals surface area contributed by atoms with Crippen LogP contribution < -0.4 is 10.2 Å². The number of nitrogens with zero attached hydrogens (tertiary/aromatic N) is 1. The van der Waals surface area contributed by atoms with Crippen molar-refractivity contribution in [1.82, 2.24) is 5.32 Å². The molecule has 1 unspecified atom stereocenters. The molecule has 2 rings (SSSR count). The Kier molecular flexibility index (Phi) is 2.83. The first kappa shape index (κ1) is 11.6. The molecule has 0 fully saturated rings. The van der Waals surface area contributed by atoms with Crippen LogP contribution in [0.25, 0.3) is 0 Å². The fourth-order valence-electron chi connectivity index (χ4n) is 2.08. The van der Waals surface area contributed by atoms with Crippen LogP contribution >= 0.6 is 0 Å². The van der Waals surface area contributed by atoms with Gasteiger partial charge in [0, 0.05) is 24.7 Å². The van der Waals surface area contributed by atoms with Gasteiger partial charge in [0.25, 0.3) is 5.91 Å². The molecule has 1 aliphatic rings. The lowest BCUT2D eigenvalue weighted by Gasteiger charge is -2.15. The van der Waals surface area contributed by atoms with E-state index in [9.17, 15) is 14.0 Å². The second-order valence-corrected chi connectivity index (χ2v) is 3.92. The molecule has 1 heterocycles. The third-order valence-electron chi connectivity index (χ3n) is 2.77. The monoisotopic (exact) mass is 236 g/mol. The van der Waals surface area contributed by atoms with Crippen molar-refractivity contribution >= 4 is 17.5 Å². The molecule has 0 aliphatic carbocycles. The maximum Gasteiger partial charge on any atom is 0.254 e. The van der Waals surface area contributed by atoms with Crippen LogP contribution in [0.3, 0.4) is 0 Å². The molecule has 1 N–H and O–H groups in total. The van der Waals surface area contributed by atoms with Crippen LogP contribution in [-0.2, 0) is 9.59 Å². The lowest BCUT2D eigenvalue weighted by Crippen LogP contribution is -2.36. The third kappa shape index (κ3) is 1.88. The minimum Gasteiger partial charge on any atom is -0.341 e. The predicted molar refractivity (Wildman–Crippen MR) is 61.0 cm³/mol. The summed E-state index contributed by atoms with van der Waals surface area (Å²) in [6.07, 6.45) is 0. The summed E-state index contributed by atoms with van der Waals surface area (Å²) in [5.74, 6) is -0.940. The van der Waals surface area contributed by atoms with Crippen LogP contribution in [0, 0.1) is 5.82 Å². The molecule has 5 heteroatoms. The molecule has 90 valence electrons. The minimum absolute atomic E-state index is 0.219. The molecule has 1 aromatic carbocycles. The summed E-state index contributed by atoms with van der Waals surface area (Å²) in [5, 5.41) is 2.54. The van der Waals surface area contributed by atoms with Crippen molar-refractivity contribution in [3.8, 4) is 0 Å². The van der Waals surface area contributed by atoms with E-state index in [0.29, 0.717) is 17.8 Å². The van der Waals surface area contributed by atoms with Crippen molar-refractivity contribution in [3.63, 3.8) is 0 Å². The zero-order valence-electron chi connectivity index (χ0n) is 9.66. The normalized spacial score (nSPS) is 18.2. The van der Waals surface area contributed by atoms with Crippen LogP contribution in [0.1, 0.15) is 25.5 Å². The van der Waals surface area contributed by atoms with Crippen molar-refractivity contribution in [2.75, 3.05) is 11.4 Å². The van der Waals surface area contributed by atoms with Gasteiger partial charge in [-0.3, -0.25) is 9.59 Å². The molecule has 1 atom stereocenters. The Morgan fingerprint density at radius 3 is 2.82 bits per heavy atom. The van der Waals surface area contributed by atoms with Crippen LogP contribution in [0.4, 0.5) is 10.1 Å². The van der Waals surface area contributed by atoms with E-state index in [2.05, 4.69) is 5.32 Å². The highest BCUT2D eigenvalue weighted by atomic mass is 19.1. The quantitative estimate of drug-likeness (QED) is 0.843. The Bertz CT molecular complexity index is 487. The standard InChI is InChI=1S/C12H13FN2O2/c1-3-15-10-5-4-8(13)6-9(10)11(12(15)17)14-7(2)16/h4-6,11H,3H2,1-2H3,(H,14,16). The summed E-state index contributed by atoms with van der Waals surface area (Å²) in [4.78, 5) is 24.6. The van der Waals surface area contributed by atoms with Crippen LogP contribution in [0.15, 0.2) is 18.2 Å². The molecule has 0 radical (unpaired) electrons. The number of nitrogens with one attached hydrogen (secondary N) is 1. The number of halogens is 1. The number of carbonyl (C=O) groups excluding carboxylic acids is 2. The Labute approximate surface area is 98.4 Å². The highest BCUT2D eigenvalue weighted by molar-refractivity contribution is 6.06. The van der Waals surface area contributed by atoms with Gasteiger partial charge in [-0.05, 0) is 25.1 Å². The first-order valence-electron chi connectivity index (χ1n) is 5.42. The van der Waals surface area contributed by atoms with Gasteiger partial charge in [0.15, 0.2) is 0 Å².